The van der Waals surface area contributed by atoms with Crippen molar-refractivity contribution in [2.75, 3.05) is 5.73 Å². The molecule has 0 fully saturated rings. The first kappa shape index (κ1) is 11.8. The summed E-state index contributed by atoms with van der Waals surface area (Å²) in [5, 5.41) is 21.3. The number of nitro benzene ring substituents is 1. The maximum absolute atomic E-state index is 10.7. The number of rotatable bonds is 3. The van der Waals surface area contributed by atoms with Gasteiger partial charge < -0.3 is 10.3 Å². The van der Waals surface area contributed by atoms with Gasteiger partial charge in [-0.05, 0) is 16.4 Å². The van der Waals surface area contributed by atoms with E-state index < -0.39 is 4.92 Å². The van der Waals surface area contributed by atoms with E-state index in [1.54, 1.807) is 6.07 Å². The molecule has 10 nitrogen and oxygen atoms in total. The van der Waals surface area contributed by atoms with Crippen LogP contribution in [0.3, 0.4) is 0 Å². The van der Waals surface area contributed by atoms with Crippen molar-refractivity contribution in [3.05, 3.63) is 34.4 Å². The molecule has 0 bridgehead atoms. The second-order valence-corrected chi connectivity index (χ2v) is 3.73. The molecule has 0 unspecified atom stereocenters. The summed E-state index contributed by atoms with van der Waals surface area (Å²) in [4.78, 5) is 14.2. The summed E-state index contributed by atoms with van der Waals surface area (Å²) in [7, 11) is 0. The SMILES string of the molecule is Nc1nonc1-c1noc(-c2cccc([N+](=O)[O-])c2)n1. The smallest absolute Gasteiger partial charge is 0.270 e. The van der Waals surface area contributed by atoms with Gasteiger partial charge in [0.25, 0.3) is 11.6 Å². The Labute approximate surface area is 110 Å². The molecule has 0 spiro atoms. The summed E-state index contributed by atoms with van der Waals surface area (Å²) in [6.07, 6.45) is 0. The summed E-state index contributed by atoms with van der Waals surface area (Å²) >= 11 is 0. The van der Waals surface area contributed by atoms with E-state index in [1.807, 2.05) is 0 Å². The second kappa shape index (κ2) is 4.42. The predicted octanol–water partition coefficient (Wildman–Crippen LogP) is 1.28. The van der Waals surface area contributed by atoms with Crippen LogP contribution in [0.15, 0.2) is 33.4 Å². The van der Waals surface area contributed by atoms with Crippen LogP contribution in [-0.4, -0.2) is 25.4 Å². The highest BCUT2D eigenvalue weighted by Gasteiger charge is 2.18. The summed E-state index contributed by atoms with van der Waals surface area (Å²) in [6.45, 7) is 0. The third kappa shape index (κ3) is 1.94. The molecule has 0 aliphatic heterocycles. The van der Waals surface area contributed by atoms with E-state index in [-0.39, 0.29) is 28.9 Å². The van der Waals surface area contributed by atoms with Crippen LogP contribution in [0.2, 0.25) is 0 Å². The van der Waals surface area contributed by atoms with Gasteiger partial charge in [-0.25, -0.2) is 4.63 Å². The van der Waals surface area contributed by atoms with Crippen molar-refractivity contribution in [2.24, 2.45) is 0 Å². The third-order valence-corrected chi connectivity index (χ3v) is 2.46. The molecule has 0 amide bonds. The average molecular weight is 274 g/mol. The standard InChI is InChI=1S/C10H6N6O4/c11-8-7(13-20-14-8)9-12-10(19-15-9)5-2-1-3-6(4-5)16(17)18/h1-4H,(H2,11,14). The van der Waals surface area contributed by atoms with Crippen LogP contribution < -0.4 is 5.73 Å². The van der Waals surface area contributed by atoms with Crippen LogP contribution in [-0.2, 0) is 0 Å². The molecule has 10 heteroatoms. The van der Waals surface area contributed by atoms with Gasteiger partial charge in [0.2, 0.25) is 5.82 Å². The van der Waals surface area contributed by atoms with Crippen LogP contribution in [0.5, 0.6) is 0 Å². The zero-order valence-electron chi connectivity index (χ0n) is 9.76. The molecule has 2 aromatic heterocycles. The molecule has 3 rings (SSSR count). The Bertz CT molecular complexity index is 779. The van der Waals surface area contributed by atoms with E-state index in [1.165, 1.54) is 18.2 Å². The fourth-order valence-electron chi connectivity index (χ4n) is 1.54. The number of nitrogen functional groups attached to an aromatic ring is 1. The highest BCUT2D eigenvalue weighted by atomic mass is 16.6. The molecule has 2 heterocycles. The summed E-state index contributed by atoms with van der Waals surface area (Å²) in [5.41, 5.74) is 5.98. The minimum Gasteiger partial charge on any atom is -0.379 e. The van der Waals surface area contributed by atoms with Crippen LogP contribution in [0.4, 0.5) is 11.5 Å². The van der Waals surface area contributed by atoms with Gasteiger partial charge in [-0.15, -0.1) is 0 Å². The number of nitrogens with two attached hydrogens (primary N) is 1. The Morgan fingerprint density at radius 2 is 2.10 bits per heavy atom. The van der Waals surface area contributed by atoms with E-state index in [0.29, 0.717) is 5.56 Å². The van der Waals surface area contributed by atoms with Gasteiger partial charge >= 0.3 is 0 Å². The molecule has 20 heavy (non-hydrogen) atoms. The van der Waals surface area contributed by atoms with Crippen molar-refractivity contribution in [3.8, 4) is 23.0 Å². The Balaban J connectivity index is 2.00. The van der Waals surface area contributed by atoms with Gasteiger partial charge in [-0.1, -0.05) is 11.2 Å². The topological polar surface area (TPSA) is 147 Å². The minimum absolute atomic E-state index is 0.0244. The highest BCUT2D eigenvalue weighted by molar-refractivity contribution is 5.65. The maximum Gasteiger partial charge on any atom is 0.270 e. The molecule has 0 saturated heterocycles. The van der Waals surface area contributed by atoms with Gasteiger partial charge in [0, 0.05) is 17.7 Å². The molecule has 2 N–H and O–H groups in total. The Morgan fingerprint density at radius 3 is 2.80 bits per heavy atom. The van der Waals surface area contributed by atoms with E-state index in [9.17, 15) is 10.1 Å². The first-order valence-electron chi connectivity index (χ1n) is 5.32. The first-order valence-corrected chi connectivity index (χ1v) is 5.32. The number of benzene rings is 1. The van der Waals surface area contributed by atoms with Crippen molar-refractivity contribution < 1.29 is 14.1 Å². The van der Waals surface area contributed by atoms with Gasteiger partial charge in [-0.2, -0.15) is 4.98 Å². The van der Waals surface area contributed by atoms with Gasteiger partial charge in [0.1, 0.15) is 0 Å². The number of hydrogen-bond donors (Lipinski definition) is 1. The fraction of sp³-hybridized carbons (Fsp3) is 0. The lowest BCUT2D eigenvalue weighted by Gasteiger charge is -1.93. The van der Waals surface area contributed by atoms with Crippen molar-refractivity contribution in [2.45, 2.75) is 0 Å². The quantitative estimate of drug-likeness (QED) is 0.550. The molecule has 0 aliphatic rings. The zero-order valence-corrected chi connectivity index (χ0v) is 9.76. The Hall–Kier alpha value is -3.30. The summed E-state index contributed by atoms with van der Waals surface area (Å²) in [6, 6.07) is 5.81. The predicted molar refractivity (Wildman–Crippen MR) is 64.1 cm³/mol. The lowest BCUT2D eigenvalue weighted by molar-refractivity contribution is -0.384. The monoisotopic (exact) mass is 274 g/mol. The van der Waals surface area contributed by atoms with E-state index in [0.717, 1.165) is 0 Å². The second-order valence-electron chi connectivity index (χ2n) is 3.73. The number of aromatic nitrogens is 4. The highest BCUT2D eigenvalue weighted by Crippen LogP contribution is 2.25. The minimum atomic E-state index is -0.514. The number of anilines is 1. The van der Waals surface area contributed by atoms with E-state index in [2.05, 4.69) is 25.1 Å². The van der Waals surface area contributed by atoms with Crippen molar-refractivity contribution in [1.82, 2.24) is 20.5 Å². The van der Waals surface area contributed by atoms with Crippen molar-refractivity contribution in [3.63, 3.8) is 0 Å². The fourth-order valence-corrected chi connectivity index (χ4v) is 1.54. The van der Waals surface area contributed by atoms with Crippen molar-refractivity contribution in [1.29, 1.82) is 0 Å². The number of hydrogen-bond acceptors (Lipinski definition) is 9. The van der Waals surface area contributed by atoms with Crippen molar-refractivity contribution >= 4 is 11.5 Å². The van der Waals surface area contributed by atoms with Gasteiger partial charge in [0.15, 0.2) is 11.5 Å². The molecule has 100 valence electrons. The largest absolute Gasteiger partial charge is 0.379 e. The Morgan fingerprint density at radius 1 is 1.25 bits per heavy atom. The number of non-ortho nitro benzene ring substituents is 1. The van der Waals surface area contributed by atoms with Gasteiger partial charge in [-0.3, -0.25) is 10.1 Å². The maximum atomic E-state index is 10.7. The number of nitrogens with zero attached hydrogens (tertiary/aromatic N) is 5. The summed E-state index contributed by atoms with van der Waals surface area (Å²) in [5.74, 6) is 0.216. The zero-order chi connectivity index (χ0) is 14.1. The molecule has 1 aromatic carbocycles. The molecule has 0 saturated carbocycles. The van der Waals surface area contributed by atoms with Crippen LogP contribution in [0.1, 0.15) is 0 Å². The third-order valence-electron chi connectivity index (χ3n) is 2.46. The lowest BCUT2D eigenvalue weighted by Crippen LogP contribution is -1.90. The molecule has 0 atom stereocenters. The average Bonchev–Trinajstić information content (AvgIpc) is 3.07. The van der Waals surface area contributed by atoms with Crippen LogP contribution in [0, 0.1) is 10.1 Å². The number of nitro groups is 1. The van der Waals surface area contributed by atoms with Crippen LogP contribution >= 0.6 is 0 Å². The van der Waals surface area contributed by atoms with E-state index >= 15 is 0 Å². The molecule has 0 radical (unpaired) electrons. The Kier molecular flexibility index (Phi) is 2.60. The van der Waals surface area contributed by atoms with Crippen LogP contribution in [0.25, 0.3) is 23.0 Å². The lowest BCUT2D eigenvalue weighted by atomic mass is 10.2. The molecular weight excluding hydrogens is 268 g/mol. The molecular formula is C10H6N6O4. The summed E-state index contributed by atoms with van der Waals surface area (Å²) < 4.78 is 9.44. The van der Waals surface area contributed by atoms with E-state index in [4.69, 9.17) is 10.3 Å². The van der Waals surface area contributed by atoms with Gasteiger partial charge in [0.05, 0.1) is 4.92 Å². The molecule has 0 aliphatic carbocycles. The first-order chi connectivity index (χ1) is 9.65. The molecule has 3 aromatic rings. The normalized spacial score (nSPS) is 10.6.